The minimum atomic E-state index is -4.39. The maximum atomic E-state index is 12.4. The van der Waals surface area contributed by atoms with Gasteiger partial charge in [0.2, 0.25) is 0 Å². The largest absolute Gasteiger partial charge is 0.416 e. The van der Waals surface area contributed by atoms with E-state index in [4.69, 9.17) is 5.73 Å². The minimum absolute atomic E-state index is 0.205. The van der Waals surface area contributed by atoms with Crippen LogP contribution in [0.4, 0.5) is 13.2 Å². The second kappa shape index (κ2) is 4.85. The summed E-state index contributed by atoms with van der Waals surface area (Å²) in [5.41, 5.74) is 5.04. The number of rotatable bonds is 3. The molecular formula is C13H15F3N2O. The second-order valence-corrected chi connectivity index (χ2v) is 4.97. The van der Waals surface area contributed by atoms with E-state index < -0.39 is 17.6 Å². The molecule has 104 valence electrons. The molecule has 1 fully saturated rings. The SMILES string of the molecule is NC1(CNC(=O)c2ccc(C(F)(F)F)cc2)CCC1. The van der Waals surface area contributed by atoms with Crippen molar-refractivity contribution in [3.63, 3.8) is 0 Å². The first-order valence-electron chi connectivity index (χ1n) is 6.05. The number of nitrogens with one attached hydrogen (secondary N) is 1. The van der Waals surface area contributed by atoms with Gasteiger partial charge in [-0.05, 0) is 43.5 Å². The highest BCUT2D eigenvalue weighted by molar-refractivity contribution is 5.94. The van der Waals surface area contributed by atoms with E-state index in [0.29, 0.717) is 6.54 Å². The summed E-state index contributed by atoms with van der Waals surface area (Å²) >= 11 is 0. The summed E-state index contributed by atoms with van der Waals surface area (Å²) in [7, 11) is 0. The molecule has 0 saturated heterocycles. The molecule has 0 bridgehead atoms. The molecule has 3 nitrogen and oxygen atoms in total. The normalized spacial score (nSPS) is 17.7. The Kier molecular flexibility index (Phi) is 3.54. The van der Waals surface area contributed by atoms with Gasteiger partial charge in [0, 0.05) is 17.6 Å². The zero-order valence-corrected chi connectivity index (χ0v) is 10.3. The van der Waals surface area contributed by atoms with Gasteiger partial charge in [0.15, 0.2) is 0 Å². The van der Waals surface area contributed by atoms with Gasteiger partial charge in [-0.15, -0.1) is 0 Å². The zero-order valence-electron chi connectivity index (χ0n) is 10.3. The Morgan fingerprint density at radius 2 is 1.84 bits per heavy atom. The number of nitrogens with two attached hydrogens (primary N) is 1. The fraction of sp³-hybridized carbons (Fsp3) is 0.462. The molecule has 0 radical (unpaired) electrons. The summed E-state index contributed by atoms with van der Waals surface area (Å²) in [4.78, 5) is 11.7. The van der Waals surface area contributed by atoms with Gasteiger partial charge in [0.25, 0.3) is 5.91 Å². The Morgan fingerprint density at radius 3 is 2.26 bits per heavy atom. The van der Waals surface area contributed by atoms with Crippen LogP contribution in [0.25, 0.3) is 0 Å². The molecule has 0 spiro atoms. The predicted octanol–water partition coefficient (Wildman–Crippen LogP) is 2.32. The lowest BCUT2D eigenvalue weighted by Crippen LogP contribution is -2.54. The first kappa shape index (κ1) is 13.9. The molecule has 1 saturated carbocycles. The van der Waals surface area contributed by atoms with Crippen molar-refractivity contribution in [2.75, 3.05) is 6.54 Å². The standard InChI is InChI=1S/C13H15F3N2O/c14-13(15,16)10-4-2-9(3-5-10)11(19)18-8-12(17)6-1-7-12/h2-5H,1,6-8,17H2,(H,18,19). The van der Waals surface area contributed by atoms with Crippen molar-refractivity contribution in [1.82, 2.24) is 5.32 Å². The highest BCUT2D eigenvalue weighted by atomic mass is 19.4. The van der Waals surface area contributed by atoms with Crippen LogP contribution in [0.2, 0.25) is 0 Å². The molecule has 3 N–H and O–H groups in total. The van der Waals surface area contributed by atoms with E-state index in [1.165, 1.54) is 12.1 Å². The molecule has 1 aliphatic carbocycles. The maximum absolute atomic E-state index is 12.4. The lowest BCUT2D eigenvalue weighted by atomic mass is 9.78. The van der Waals surface area contributed by atoms with E-state index in [2.05, 4.69) is 5.32 Å². The molecule has 0 unspecified atom stereocenters. The van der Waals surface area contributed by atoms with Gasteiger partial charge in [0.05, 0.1) is 5.56 Å². The van der Waals surface area contributed by atoms with Crippen LogP contribution in [0, 0.1) is 0 Å². The number of carbonyl (C=O) groups excluding carboxylic acids is 1. The predicted molar refractivity (Wildman–Crippen MR) is 64.5 cm³/mol. The molecule has 1 aliphatic rings. The lowest BCUT2D eigenvalue weighted by Gasteiger charge is -2.38. The van der Waals surface area contributed by atoms with Crippen LogP contribution in [-0.2, 0) is 6.18 Å². The van der Waals surface area contributed by atoms with Crippen LogP contribution < -0.4 is 11.1 Å². The zero-order chi connectivity index (χ0) is 14.1. The monoisotopic (exact) mass is 272 g/mol. The summed E-state index contributed by atoms with van der Waals surface area (Å²) in [6.45, 7) is 0.354. The van der Waals surface area contributed by atoms with Gasteiger partial charge in [-0.3, -0.25) is 4.79 Å². The summed E-state index contributed by atoms with van der Waals surface area (Å²) in [6.07, 6.45) is -1.62. The number of carbonyl (C=O) groups is 1. The molecule has 6 heteroatoms. The summed E-state index contributed by atoms with van der Waals surface area (Å²) in [6, 6.07) is 4.14. The van der Waals surface area contributed by atoms with Crippen LogP contribution in [-0.4, -0.2) is 18.0 Å². The van der Waals surface area contributed by atoms with Crippen LogP contribution >= 0.6 is 0 Å². The molecule has 2 rings (SSSR count). The Hall–Kier alpha value is -1.56. The third-order valence-electron chi connectivity index (χ3n) is 3.42. The van der Waals surface area contributed by atoms with Crippen molar-refractivity contribution in [2.45, 2.75) is 31.0 Å². The topological polar surface area (TPSA) is 55.1 Å². The Balaban J connectivity index is 1.96. The fourth-order valence-electron chi connectivity index (χ4n) is 1.98. The van der Waals surface area contributed by atoms with Crippen molar-refractivity contribution in [3.8, 4) is 0 Å². The number of hydrogen-bond donors (Lipinski definition) is 2. The molecule has 1 amide bonds. The number of alkyl halides is 3. The van der Waals surface area contributed by atoms with Crippen LogP contribution in [0.5, 0.6) is 0 Å². The van der Waals surface area contributed by atoms with Gasteiger partial charge < -0.3 is 11.1 Å². The summed E-state index contributed by atoms with van der Waals surface area (Å²) in [5, 5.41) is 2.65. The van der Waals surface area contributed by atoms with Gasteiger partial charge in [-0.2, -0.15) is 13.2 Å². The lowest BCUT2D eigenvalue weighted by molar-refractivity contribution is -0.137. The number of benzene rings is 1. The molecule has 0 atom stereocenters. The quantitative estimate of drug-likeness (QED) is 0.887. The van der Waals surface area contributed by atoms with E-state index in [1.807, 2.05) is 0 Å². The molecule has 1 aromatic carbocycles. The Morgan fingerprint density at radius 1 is 1.26 bits per heavy atom. The molecular weight excluding hydrogens is 257 g/mol. The van der Waals surface area contributed by atoms with Crippen LogP contribution in [0.3, 0.4) is 0 Å². The van der Waals surface area contributed by atoms with Crippen molar-refractivity contribution in [2.24, 2.45) is 5.73 Å². The van der Waals surface area contributed by atoms with Crippen LogP contribution in [0.1, 0.15) is 35.2 Å². The van der Waals surface area contributed by atoms with Crippen molar-refractivity contribution >= 4 is 5.91 Å². The highest BCUT2D eigenvalue weighted by Crippen LogP contribution is 2.29. The van der Waals surface area contributed by atoms with E-state index in [0.717, 1.165) is 31.4 Å². The van der Waals surface area contributed by atoms with Gasteiger partial charge in [-0.25, -0.2) is 0 Å². The Bertz CT molecular complexity index is 464. The fourth-order valence-corrected chi connectivity index (χ4v) is 1.98. The maximum Gasteiger partial charge on any atom is 0.416 e. The first-order chi connectivity index (χ1) is 8.80. The third-order valence-corrected chi connectivity index (χ3v) is 3.42. The van der Waals surface area contributed by atoms with E-state index >= 15 is 0 Å². The van der Waals surface area contributed by atoms with Crippen LogP contribution in [0.15, 0.2) is 24.3 Å². The average Bonchev–Trinajstić information content (AvgIpc) is 2.33. The first-order valence-corrected chi connectivity index (χ1v) is 6.05. The number of halogens is 3. The molecule has 0 aliphatic heterocycles. The van der Waals surface area contributed by atoms with Crippen molar-refractivity contribution < 1.29 is 18.0 Å². The van der Waals surface area contributed by atoms with Crippen molar-refractivity contribution in [1.29, 1.82) is 0 Å². The van der Waals surface area contributed by atoms with Gasteiger partial charge in [-0.1, -0.05) is 0 Å². The number of hydrogen-bond acceptors (Lipinski definition) is 2. The van der Waals surface area contributed by atoms with E-state index in [1.54, 1.807) is 0 Å². The van der Waals surface area contributed by atoms with Gasteiger partial charge >= 0.3 is 6.18 Å². The van der Waals surface area contributed by atoms with E-state index in [9.17, 15) is 18.0 Å². The Labute approximate surface area is 109 Å². The third kappa shape index (κ3) is 3.26. The van der Waals surface area contributed by atoms with Gasteiger partial charge in [0.1, 0.15) is 0 Å². The second-order valence-electron chi connectivity index (χ2n) is 4.97. The molecule has 19 heavy (non-hydrogen) atoms. The summed E-state index contributed by atoms with van der Waals surface area (Å²) in [5.74, 6) is -0.398. The highest BCUT2D eigenvalue weighted by Gasteiger charge is 2.33. The molecule has 0 aromatic heterocycles. The van der Waals surface area contributed by atoms with E-state index in [-0.39, 0.29) is 11.1 Å². The average molecular weight is 272 g/mol. The molecule has 0 heterocycles. The smallest absolute Gasteiger partial charge is 0.350 e. The summed E-state index contributed by atoms with van der Waals surface area (Å²) < 4.78 is 37.1. The number of amides is 1. The molecule has 1 aromatic rings. The van der Waals surface area contributed by atoms with Crippen molar-refractivity contribution in [3.05, 3.63) is 35.4 Å². The minimum Gasteiger partial charge on any atom is -0.350 e.